The Morgan fingerprint density at radius 2 is 1.42 bits per heavy atom. The van der Waals surface area contributed by atoms with Crippen LogP contribution in [0.15, 0.2) is 97.6 Å². The Morgan fingerprint density at radius 3 is 2.08 bits per heavy atom. The standard InChI is InChI=1S/C30H27BN2O5/c1-2-28(34)37-20-4-3-19-36-24-15-11-22(12-16-24)30(35)38-25-17-13-23(14-18-25)31-32-26-9-5-7-21-8-6-10-27(33-31)29(21)26/h2,5-18,32-33H,1,3-4,19-20H2. The molecule has 0 saturated carbocycles. The minimum absolute atomic E-state index is 0.102. The predicted octanol–water partition coefficient (Wildman–Crippen LogP) is 5.18. The first-order chi connectivity index (χ1) is 18.6. The van der Waals surface area contributed by atoms with Crippen molar-refractivity contribution in [3.05, 3.63) is 103 Å². The number of carbonyl (C=O) groups is 2. The molecule has 2 N–H and O–H groups in total. The normalized spacial score (nSPS) is 11.7. The molecule has 0 aromatic heterocycles. The molecular formula is C30H27BN2O5. The summed E-state index contributed by atoms with van der Waals surface area (Å²) in [5.74, 6) is 0.253. The Morgan fingerprint density at radius 1 is 0.789 bits per heavy atom. The third kappa shape index (κ3) is 5.81. The van der Waals surface area contributed by atoms with Crippen LogP contribution in [-0.4, -0.2) is 32.1 Å². The van der Waals surface area contributed by atoms with E-state index in [9.17, 15) is 9.59 Å². The van der Waals surface area contributed by atoms with Crippen molar-refractivity contribution in [1.82, 2.24) is 0 Å². The molecule has 0 saturated heterocycles. The molecule has 0 amide bonds. The van der Waals surface area contributed by atoms with Crippen LogP contribution >= 0.6 is 0 Å². The number of carbonyl (C=O) groups excluding carboxylic acids is 2. The molecule has 5 rings (SSSR count). The molecule has 1 heterocycles. The maximum absolute atomic E-state index is 12.6. The van der Waals surface area contributed by atoms with Gasteiger partial charge in [0.1, 0.15) is 11.5 Å². The number of hydrogen-bond donors (Lipinski definition) is 2. The number of hydrogen-bond acceptors (Lipinski definition) is 7. The molecular weight excluding hydrogens is 479 g/mol. The summed E-state index contributed by atoms with van der Waals surface area (Å²) in [7, 11) is 0. The maximum atomic E-state index is 12.6. The number of anilines is 2. The topological polar surface area (TPSA) is 85.9 Å². The van der Waals surface area contributed by atoms with Crippen LogP contribution < -0.4 is 25.4 Å². The number of benzene rings is 4. The molecule has 0 spiro atoms. The number of unbranched alkanes of at least 4 members (excludes halogenated alkanes) is 1. The van der Waals surface area contributed by atoms with E-state index in [0.717, 1.165) is 29.3 Å². The van der Waals surface area contributed by atoms with Crippen molar-refractivity contribution in [2.45, 2.75) is 12.8 Å². The lowest BCUT2D eigenvalue weighted by molar-refractivity contribution is -0.137. The molecule has 1 aliphatic rings. The van der Waals surface area contributed by atoms with E-state index in [4.69, 9.17) is 14.2 Å². The van der Waals surface area contributed by atoms with Crippen molar-refractivity contribution in [3.8, 4) is 11.5 Å². The van der Waals surface area contributed by atoms with E-state index in [1.165, 1.54) is 10.8 Å². The highest BCUT2D eigenvalue weighted by molar-refractivity contribution is 6.80. The van der Waals surface area contributed by atoms with Gasteiger partial charge >= 0.3 is 18.9 Å². The van der Waals surface area contributed by atoms with Gasteiger partial charge in [-0.3, -0.25) is 0 Å². The molecule has 190 valence electrons. The number of esters is 2. The smallest absolute Gasteiger partial charge is 0.406 e. The number of ether oxygens (including phenoxy) is 3. The van der Waals surface area contributed by atoms with Gasteiger partial charge in [-0.1, -0.05) is 43.0 Å². The van der Waals surface area contributed by atoms with Crippen molar-refractivity contribution < 1.29 is 23.8 Å². The third-order valence-electron chi connectivity index (χ3n) is 6.24. The lowest BCUT2D eigenvalue weighted by Crippen LogP contribution is -2.47. The summed E-state index contributed by atoms with van der Waals surface area (Å²) in [6.07, 6.45) is 2.57. The molecule has 0 bridgehead atoms. The third-order valence-corrected chi connectivity index (χ3v) is 6.24. The van der Waals surface area contributed by atoms with E-state index in [1.807, 2.05) is 24.3 Å². The van der Waals surface area contributed by atoms with Crippen LogP contribution in [-0.2, 0) is 9.53 Å². The molecule has 4 aromatic rings. The Bertz CT molecular complexity index is 1410. The number of rotatable bonds is 10. The maximum Gasteiger partial charge on any atom is 0.406 e. The highest BCUT2D eigenvalue weighted by Crippen LogP contribution is 2.33. The van der Waals surface area contributed by atoms with Crippen LogP contribution in [0.1, 0.15) is 23.2 Å². The molecule has 8 heteroatoms. The summed E-state index contributed by atoms with van der Waals surface area (Å²) in [6, 6.07) is 26.7. The summed E-state index contributed by atoms with van der Waals surface area (Å²) < 4.78 is 16.2. The van der Waals surface area contributed by atoms with E-state index in [1.54, 1.807) is 36.4 Å². The van der Waals surface area contributed by atoms with Gasteiger partial charge < -0.3 is 24.7 Å². The largest absolute Gasteiger partial charge is 0.494 e. The summed E-state index contributed by atoms with van der Waals surface area (Å²) in [5, 5.41) is 9.46. The van der Waals surface area contributed by atoms with Crippen LogP contribution in [0.3, 0.4) is 0 Å². The van der Waals surface area contributed by atoms with Crippen LogP contribution in [0.5, 0.6) is 11.5 Å². The van der Waals surface area contributed by atoms with E-state index in [0.29, 0.717) is 36.7 Å². The SMILES string of the molecule is C=CC(=O)OCCCCOc1ccc(C(=O)Oc2ccc(B3Nc4cccc5cccc(c45)N3)cc2)cc1. The molecule has 0 aliphatic carbocycles. The van der Waals surface area contributed by atoms with Crippen molar-refractivity contribution in [2.24, 2.45) is 0 Å². The van der Waals surface area contributed by atoms with E-state index < -0.39 is 11.9 Å². The van der Waals surface area contributed by atoms with Gasteiger partial charge in [0, 0.05) is 22.8 Å². The van der Waals surface area contributed by atoms with Gasteiger partial charge in [0.05, 0.1) is 18.8 Å². The second-order valence-electron chi connectivity index (χ2n) is 8.84. The molecule has 0 atom stereocenters. The highest BCUT2D eigenvalue weighted by Gasteiger charge is 2.25. The van der Waals surface area contributed by atoms with Crippen molar-refractivity contribution in [1.29, 1.82) is 0 Å². The van der Waals surface area contributed by atoms with Gasteiger partial charge in [-0.15, -0.1) is 0 Å². The minimum Gasteiger partial charge on any atom is -0.494 e. The molecule has 38 heavy (non-hydrogen) atoms. The average molecular weight is 506 g/mol. The Labute approximate surface area is 221 Å². The first-order valence-electron chi connectivity index (χ1n) is 12.5. The summed E-state index contributed by atoms with van der Waals surface area (Å²) in [5.41, 5.74) is 3.62. The zero-order chi connectivity index (χ0) is 26.3. The molecule has 1 aliphatic heterocycles. The van der Waals surface area contributed by atoms with Gasteiger partial charge in [-0.05, 0) is 72.2 Å². The van der Waals surface area contributed by atoms with Gasteiger partial charge in [0.2, 0.25) is 0 Å². The molecule has 0 radical (unpaired) electrons. The quantitative estimate of drug-likeness (QED) is 0.101. The lowest BCUT2D eigenvalue weighted by Gasteiger charge is -2.26. The zero-order valence-electron chi connectivity index (χ0n) is 20.8. The van der Waals surface area contributed by atoms with Gasteiger partial charge in [-0.25, -0.2) is 9.59 Å². The summed E-state index contributed by atoms with van der Waals surface area (Å²) >= 11 is 0. The van der Waals surface area contributed by atoms with Crippen molar-refractivity contribution in [3.63, 3.8) is 0 Å². The highest BCUT2D eigenvalue weighted by atomic mass is 16.5. The average Bonchev–Trinajstić information content (AvgIpc) is 2.95. The van der Waals surface area contributed by atoms with E-state index >= 15 is 0 Å². The Balaban J connectivity index is 1.12. The molecule has 0 unspecified atom stereocenters. The first-order valence-corrected chi connectivity index (χ1v) is 12.5. The second kappa shape index (κ2) is 11.6. The molecule has 7 nitrogen and oxygen atoms in total. The first kappa shape index (κ1) is 25.0. The Kier molecular flexibility index (Phi) is 7.59. The van der Waals surface area contributed by atoms with Gasteiger partial charge in [-0.2, -0.15) is 0 Å². The second-order valence-corrected chi connectivity index (χ2v) is 8.84. The van der Waals surface area contributed by atoms with Crippen molar-refractivity contribution in [2.75, 3.05) is 23.7 Å². The van der Waals surface area contributed by atoms with Gasteiger partial charge in [0.25, 0.3) is 0 Å². The molecule has 0 fully saturated rings. The lowest BCUT2D eigenvalue weighted by atomic mass is 9.66. The fourth-order valence-electron chi connectivity index (χ4n) is 4.30. The fourth-order valence-corrected chi connectivity index (χ4v) is 4.30. The fraction of sp³-hybridized carbons (Fsp3) is 0.133. The minimum atomic E-state index is -0.442. The monoisotopic (exact) mass is 506 g/mol. The van der Waals surface area contributed by atoms with Crippen LogP contribution in [0.2, 0.25) is 0 Å². The predicted molar refractivity (Wildman–Crippen MR) is 150 cm³/mol. The number of nitrogens with one attached hydrogen (secondary N) is 2. The summed E-state index contributed by atoms with van der Waals surface area (Å²) in [4.78, 5) is 23.6. The molecule has 4 aromatic carbocycles. The van der Waals surface area contributed by atoms with Crippen LogP contribution in [0.25, 0.3) is 10.8 Å². The Hall–Kier alpha value is -4.72. The van der Waals surface area contributed by atoms with Crippen LogP contribution in [0, 0.1) is 0 Å². The van der Waals surface area contributed by atoms with E-state index in [-0.39, 0.29) is 6.98 Å². The van der Waals surface area contributed by atoms with Crippen molar-refractivity contribution >= 4 is 46.5 Å². The van der Waals surface area contributed by atoms with Gasteiger partial charge in [0.15, 0.2) is 0 Å². The zero-order valence-corrected chi connectivity index (χ0v) is 20.8. The van der Waals surface area contributed by atoms with E-state index in [2.05, 4.69) is 41.3 Å². The van der Waals surface area contributed by atoms with Crippen LogP contribution in [0.4, 0.5) is 11.4 Å². The summed E-state index contributed by atoms with van der Waals surface area (Å²) in [6.45, 7) is 4.06.